The van der Waals surface area contributed by atoms with Crippen LogP contribution in [0.25, 0.3) is 0 Å². The van der Waals surface area contributed by atoms with Crippen LogP contribution in [0.15, 0.2) is 16.6 Å². The number of rotatable bonds is 0. The van der Waals surface area contributed by atoms with Gasteiger partial charge in [-0.3, -0.25) is 4.79 Å². The Morgan fingerprint density at radius 2 is 2.08 bits per heavy atom. The number of hydrogen-bond donors (Lipinski definition) is 0. The molecule has 0 unspecified atom stereocenters. The Kier molecular flexibility index (Phi) is 1.97. The molecule has 12 heavy (non-hydrogen) atoms. The minimum Gasteiger partial charge on any atom is -0.294 e. The number of fused-ring (bicyclic) bond motifs is 1. The Morgan fingerprint density at radius 1 is 1.33 bits per heavy atom. The van der Waals surface area contributed by atoms with Gasteiger partial charge in [0.1, 0.15) is 0 Å². The van der Waals surface area contributed by atoms with Crippen molar-refractivity contribution >= 4 is 33.3 Å². The second kappa shape index (κ2) is 2.86. The fourth-order valence-corrected chi connectivity index (χ4v) is 2.38. The number of halogens is 2. The summed E-state index contributed by atoms with van der Waals surface area (Å²) in [6.45, 7) is 0. The third-order valence-corrected chi connectivity index (χ3v) is 2.86. The quantitative estimate of drug-likeness (QED) is 0.686. The molecule has 1 aromatic carbocycles. The number of carbonyl (C=O) groups is 1. The molecular formula is C9H6BrClO. The minimum atomic E-state index is 0.202. The van der Waals surface area contributed by atoms with Crippen LogP contribution in [-0.2, 0) is 6.42 Å². The van der Waals surface area contributed by atoms with Gasteiger partial charge >= 0.3 is 0 Å². The Bertz CT molecular complexity index is 360. The van der Waals surface area contributed by atoms with Crippen molar-refractivity contribution in [3.05, 3.63) is 32.8 Å². The molecule has 1 nitrogen and oxygen atoms in total. The molecule has 0 N–H and O–H groups in total. The van der Waals surface area contributed by atoms with Crippen molar-refractivity contribution in [2.45, 2.75) is 12.8 Å². The van der Waals surface area contributed by atoms with Gasteiger partial charge in [-0.1, -0.05) is 27.5 Å². The number of benzene rings is 1. The molecule has 1 aliphatic carbocycles. The molecule has 0 spiro atoms. The van der Waals surface area contributed by atoms with Crippen LogP contribution in [0.1, 0.15) is 22.3 Å². The average molecular weight is 246 g/mol. The van der Waals surface area contributed by atoms with E-state index in [1.165, 1.54) is 0 Å². The topological polar surface area (TPSA) is 17.1 Å². The van der Waals surface area contributed by atoms with E-state index in [9.17, 15) is 4.79 Å². The van der Waals surface area contributed by atoms with Crippen LogP contribution in [0.5, 0.6) is 0 Å². The number of hydrogen-bond acceptors (Lipinski definition) is 1. The smallest absolute Gasteiger partial charge is 0.163 e. The molecule has 0 heterocycles. The summed E-state index contributed by atoms with van der Waals surface area (Å²) in [5.41, 5.74) is 1.79. The predicted octanol–water partition coefficient (Wildman–Crippen LogP) is 3.23. The highest BCUT2D eigenvalue weighted by atomic mass is 79.9. The van der Waals surface area contributed by atoms with E-state index in [-0.39, 0.29) is 5.78 Å². The van der Waals surface area contributed by atoms with E-state index in [0.717, 1.165) is 22.0 Å². The molecule has 0 fully saturated rings. The Morgan fingerprint density at radius 3 is 2.83 bits per heavy atom. The molecule has 62 valence electrons. The van der Waals surface area contributed by atoms with Crippen molar-refractivity contribution in [3.8, 4) is 0 Å². The summed E-state index contributed by atoms with van der Waals surface area (Å²) < 4.78 is 0.876. The fourth-order valence-electron chi connectivity index (χ4n) is 1.48. The zero-order chi connectivity index (χ0) is 8.72. The summed E-state index contributed by atoms with van der Waals surface area (Å²) in [6, 6.07) is 3.68. The lowest BCUT2D eigenvalue weighted by molar-refractivity contribution is 0.0994. The lowest BCUT2D eigenvalue weighted by Crippen LogP contribution is -1.90. The molecule has 1 aliphatic rings. The fraction of sp³-hybridized carbons (Fsp3) is 0.222. The maximum atomic E-state index is 11.3. The van der Waals surface area contributed by atoms with Gasteiger partial charge in [0, 0.05) is 21.5 Å². The summed E-state index contributed by atoms with van der Waals surface area (Å²) in [5, 5.41) is 0.699. The van der Waals surface area contributed by atoms with Crippen LogP contribution in [-0.4, -0.2) is 5.78 Å². The highest BCUT2D eigenvalue weighted by molar-refractivity contribution is 9.10. The van der Waals surface area contributed by atoms with Crippen LogP contribution < -0.4 is 0 Å². The molecule has 0 aromatic heterocycles. The SMILES string of the molecule is O=C1CCc2c(Cl)cc(Br)cc21. The molecule has 1 aromatic rings. The van der Waals surface area contributed by atoms with E-state index < -0.39 is 0 Å². The summed E-state index contributed by atoms with van der Waals surface area (Å²) in [7, 11) is 0. The molecule has 0 bridgehead atoms. The summed E-state index contributed by atoms with van der Waals surface area (Å²) in [5.74, 6) is 0.202. The van der Waals surface area contributed by atoms with Crippen molar-refractivity contribution in [1.29, 1.82) is 0 Å². The Balaban J connectivity index is 2.68. The summed E-state index contributed by atoms with van der Waals surface area (Å²) in [6.07, 6.45) is 1.39. The molecule has 0 radical (unpaired) electrons. The number of Topliss-reactive ketones (excluding diaryl/α,β-unsaturated/α-hetero) is 1. The van der Waals surface area contributed by atoms with Crippen LogP contribution in [0.2, 0.25) is 5.02 Å². The van der Waals surface area contributed by atoms with Crippen molar-refractivity contribution in [2.24, 2.45) is 0 Å². The lowest BCUT2D eigenvalue weighted by Gasteiger charge is -2.00. The average Bonchev–Trinajstić information content (AvgIpc) is 2.33. The van der Waals surface area contributed by atoms with Gasteiger partial charge in [0.25, 0.3) is 0 Å². The van der Waals surface area contributed by atoms with Crippen LogP contribution in [0, 0.1) is 0 Å². The first-order chi connectivity index (χ1) is 5.68. The minimum absolute atomic E-state index is 0.202. The monoisotopic (exact) mass is 244 g/mol. The van der Waals surface area contributed by atoms with Gasteiger partial charge in [-0.05, 0) is 24.1 Å². The highest BCUT2D eigenvalue weighted by Gasteiger charge is 2.21. The van der Waals surface area contributed by atoms with E-state index >= 15 is 0 Å². The first-order valence-corrected chi connectivity index (χ1v) is 4.86. The molecule has 0 amide bonds. The van der Waals surface area contributed by atoms with Gasteiger partial charge in [0.05, 0.1) is 0 Å². The largest absolute Gasteiger partial charge is 0.294 e. The zero-order valence-corrected chi connectivity index (χ0v) is 8.58. The second-order valence-corrected chi connectivity index (χ2v) is 4.16. The number of carbonyl (C=O) groups excluding carboxylic acids is 1. The molecule has 0 atom stereocenters. The standard InChI is InChI=1S/C9H6BrClO/c10-5-3-7-6(8(11)4-5)1-2-9(7)12/h3-4H,1-2H2. The third kappa shape index (κ3) is 1.19. The van der Waals surface area contributed by atoms with Gasteiger partial charge in [0.15, 0.2) is 5.78 Å². The third-order valence-electron chi connectivity index (χ3n) is 2.06. The molecular weight excluding hydrogens is 239 g/mol. The first kappa shape index (κ1) is 8.27. The van der Waals surface area contributed by atoms with E-state index in [0.29, 0.717) is 11.4 Å². The van der Waals surface area contributed by atoms with E-state index in [2.05, 4.69) is 15.9 Å². The van der Waals surface area contributed by atoms with E-state index in [4.69, 9.17) is 11.6 Å². The van der Waals surface area contributed by atoms with Crippen molar-refractivity contribution in [3.63, 3.8) is 0 Å². The first-order valence-electron chi connectivity index (χ1n) is 3.69. The molecule has 2 rings (SSSR count). The van der Waals surface area contributed by atoms with Gasteiger partial charge in [-0.2, -0.15) is 0 Å². The predicted molar refractivity (Wildman–Crippen MR) is 51.8 cm³/mol. The van der Waals surface area contributed by atoms with Crippen molar-refractivity contribution in [2.75, 3.05) is 0 Å². The van der Waals surface area contributed by atoms with E-state index in [1.54, 1.807) is 0 Å². The molecule has 0 saturated heterocycles. The maximum absolute atomic E-state index is 11.3. The van der Waals surface area contributed by atoms with Crippen LogP contribution in [0.3, 0.4) is 0 Å². The van der Waals surface area contributed by atoms with Crippen LogP contribution >= 0.6 is 27.5 Å². The summed E-state index contributed by atoms with van der Waals surface area (Å²) >= 11 is 9.26. The maximum Gasteiger partial charge on any atom is 0.163 e. The zero-order valence-electron chi connectivity index (χ0n) is 6.23. The van der Waals surface area contributed by atoms with Crippen molar-refractivity contribution < 1.29 is 4.79 Å². The van der Waals surface area contributed by atoms with Gasteiger partial charge < -0.3 is 0 Å². The van der Waals surface area contributed by atoms with Crippen molar-refractivity contribution in [1.82, 2.24) is 0 Å². The lowest BCUT2D eigenvalue weighted by atomic mass is 10.1. The van der Waals surface area contributed by atoms with Gasteiger partial charge in [-0.25, -0.2) is 0 Å². The Hall–Kier alpha value is -0.340. The highest BCUT2D eigenvalue weighted by Crippen LogP contribution is 2.31. The van der Waals surface area contributed by atoms with Crippen LogP contribution in [0.4, 0.5) is 0 Å². The molecule has 0 saturated carbocycles. The number of ketones is 1. The second-order valence-electron chi connectivity index (χ2n) is 2.84. The van der Waals surface area contributed by atoms with Gasteiger partial charge in [0.2, 0.25) is 0 Å². The Labute approximate surface area is 83.9 Å². The van der Waals surface area contributed by atoms with Gasteiger partial charge in [-0.15, -0.1) is 0 Å². The molecule has 0 aliphatic heterocycles. The normalized spacial score (nSPS) is 15.0. The molecule has 3 heteroatoms. The van der Waals surface area contributed by atoms with E-state index in [1.807, 2.05) is 12.1 Å². The summed E-state index contributed by atoms with van der Waals surface area (Å²) in [4.78, 5) is 11.3.